The zero-order valence-corrected chi connectivity index (χ0v) is 12.2. The Balaban J connectivity index is 2.09. The predicted molar refractivity (Wildman–Crippen MR) is 78.1 cm³/mol. The molecule has 2 rings (SSSR count). The molecule has 0 unspecified atom stereocenters. The molecule has 0 aliphatic heterocycles. The Labute approximate surface area is 115 Å². The van der Waals surface area contributed by atoms with Crippen LogP contribution in [0.15, 0.2) is 24.3 Å². The van der Waals surface area contributed by atoms with Crippen LogP contribution < -0.4 is 10.5 Å². The molecule has 3 N–H and O–H groups in total. The Morgan fingerprint density at radius 3 is 2.47 bits per heavy atom. The number of nitrogen functional groups attached to an aromatic ring is 1. The smallest absolute Gasteiger partial charge is 0.216 e. The van der Waals surface area contributed by atoms with Gasteiger partial charge in [0.2, 0.25) is 10.0 Å². The van der Waals surface area contributed by atoms with Gasteiger partial charge in [-0.3, -0.25) is 0 Å². The monoisotopic (exact) mass is 282 g/mol. The van der Waals surface area contributed by atoms with Crippen molar-refractivity contribution in [2.75, 3.05) is 5.73 Å². The molecule has 19 heavy (non-hydrogen) atoms. The first kappa shape index (κ1) is 14.3. The van der Waals surface area contributed by atoms with Crippen LogP contribution in [0.5, 0.6) is 0 Å². The van der Waals surface area contributed by atoms with Gasteiger partial charge < -0.3 is 5.73 Å². The zero-order valence-electron chi connectivity index (χ0n) is 11.4. The molecule has 0 atom stereocenters. The third-order valence-corrected chi connectivity index (χ3v) is 5.25. The third-order valence-electron chi connectivity index (χ3n) is 3.76. The van der Waals surface area contributed by atoms with E-state index in [4.69, 9.17) is 5.73 Å². The summed E-state index contributed by atoms with van der Waals surface area (Å²) in [6.45, 7) is 2.00. The van der Waals surface area contributed by atoms with Gasteiger partial charge in [-0.1, -0.05) is 37.5 Å². The summed E-state index contributed by atoms with van der Waals surface area (Å²) in [5.74, 6) is -0.0464. The molecule has 1 saturated carbocycles. The maximum absolute atomic E-state index is 12.3. The summed E-state index contributed by atoms with van der Waals surface area (Å²) in [6.07, 6.45) is 5.20. The third kappa shape index (κ3) is 3.94. The van der Waals surface area contributed by atoms with Gasteiger partial charge >= 0.3 is 0 Å². The van der Waals surface area contributed by atoms with Gasteiger partial charge in [0, 0.05) is 11.2 Å². The van der Waals surface area contributed by atoms with E-state index in [0.717, 1.165) is 25.7 Å². The number of rotatable bonds is 4. The minimum atomic E-state index is -3.35. The van der Waals surface area contributed by atoms with Crippen molar-refractivity contribution >= 4 is 15.7 Å². The normalized spacial score (nSPS) is 19.2. The molecule has 0 amide bonds. The second-order valence-electron chi connectivity index (χ2n) is 5.68. The number of hydrogen-bond acceptors (Lipinski definition) is 3. The van der Waals surface area contributed by atoms with Crippen LogP contribution in [0.1, 0.15) is 44.6 Å². The SMILES string of the molecule is CC1(NS(=O)(=O)Cc2ccccc2N)CCCCC1. The lowest BCUT2D eigenvalue weighted by Crippen LogP contribution is -2.47. The van der Waals surface area contributed by atoms with Crippen LogP contribution in [-0.4, -0.2) is 14.0 Å². The summed E-state index contributed by atoms with van der Waals surface area (Å²) in [5.41, 5.74) is 6.70. The van der Waals surface area contributed by atoms with Gasteiger partial charge in [0.25, 0.3) is 0 Å². The minimum absolute atomic E-state index is 0.0464. The van der Waals surface area contributed by atoms with Crippen molar-refractivity contribution in [1.82, 2.24) is 4.72 Å². The Morgan fingerprint density at radius 2 is 1.84 bits per heavy atom. The Bertz CT molecular complexity index is 534. The number of hydrogen-bond donors (Lipinski definition) is 2. The van der Waals surface area contributed by atoms with E-state index in [-0.39, 0.29) is 11.3 Å². The van der Waals surface area contributed by atoms with Crippen molar-refractivity contribution in [2.45, 2.75) is 50.3 Å². The van der Waals surface area contributed by atoms with Crippen molar-refractivity contribution in [3.8, 4) is 0 Å². The summed E-state index contributed by atoms with van der Waals surface area (Å²) >= 11 is 0. The van der Waals surface area contributed by atoms with Crippen LogP contribution in [0.2, 0.25) is 0 Å². The molecule has 0 aromatic heterocycles. The molecule has 1 aromatic carbocycles. The summed E-state index contributed by atoms with van der Waals surface area (Å²) in [4.78, 5) is 0. The van der Waals surface area contributed by atoms with Gasteiger partial charge in [-0.15, -0.1) is 0 Å². The predicted octanol–water partition coefficient (Wildman–Crippen LogP) is 2.41. The number of benzene rings is 1. The zero-order chi connectivity index (χ0) is 13.9. The van der Waals surface area contributed by atoms with Gasteiger partial charge in [0.1, 0.15) is 0 Å². The van der Waals surface area contributed by atoms with E-state index in [0.29, 0.717) is 11.3 Å². The molecule has 106 valence electrons. The number of anilines is 1. The second kappa shape index (κ2) is 5.51. The van der Waals surface area contributed by atoms with Crippen molar-refractivity contribution in [1.29, 1.82) is 0 Å². The van der Waals surface area contributed by atoms with Gasteiger partial charge in [-0.05, 0) is 31.4 Å². The summed E-state index contributed by atoms with van der Waals surface area (Å²) in [7, 11) is -3.35. The summed E-state index contributed by atoms with van der Waals surface area (Å²) in [6, 6.07) is 7.11. The fourth-order valence-corrected chi connectivity index (χ4v) is 4.42. The van der Waals surface area contributed by atoms with E-state index in [9.17, 15) is 8.42 Å². The number of nitrogens with one attached hydrogen (secondary N) is 1. The highest BCUT2D eigenvalue weighted by atomic mass is 32.2. The van der Waals surface area contributed by atoms with Gasteiger partial charge in [-0.25, -0.2) is 13.1 Å². The van der Waals surface area contributed by atoms with Gasteiger partial charge in [-0.2, -0.15) is 0 Å². The molecule has 1 aromatic rings. The maximum atomic E-state index is 12.3. The Kier molecular flexibility index (Phi) is 4.16. The van der Waals surface area contributed by atoms with E-state index < -0.39 is 10.0 Å². The summed E-state index contributed by atoms with van der Waals surface area (Å²) in [5, 5.41) is 0. The number of para-hydroxylation sites is 1. The van der Waals surface area contributed by atoms with Crippen LogP contribution in [0.4, 0.5) is 5.69 Å². The Hall–Kier alpha value is -1.07. The average Bonchev–Trinajstić information content (AvgIpc) is 2.31. The van der Waals surface area contributed by atoms with Gasteiger partial charge in [0.05, 0.1) is 5.75 Å². The lowest BCUT2D eigenvalue weighted by Gasteiger charge is -2.34. The molecule has 0 heterocycles. The molecule has 1 aliphatic rings. The van der Waals surface area contributed by atoms with Crippen molar-refractivity contribution in [3.63, 3.8) is 0 Å². The van der Waals surface area contributed by atoms with E-state index in [1.807, 2.05) is 13.0 Å². The first-order valence-corrected chi connectivity index (χ1v) is 8.41. The topological polar surface area (TPSA) is 72.2 Å². The van der Waals surface area contributed by atoms with Gasteiger partial charge in [0.15, 0.2) is 0 Å². The second-order valence-corrected chi connectivity index (χ2v) is 7.40. The fourth-order valence-electron chi connectivity index (χ4n) is 2.72. The van der Waals surface area contributed by atoms with E-state index in [2.05, 4.69) is 4.72 Å². The molecule has 0 bridgehead atoms. The van der Waals surface area contributed by atoms with Crippen molar-refractivity contribution < 1.29 is 8.42 Å². The lowest BCUT2D eigenvalue weighted by molar-refractivity contribution is 0.294. The van der Waals surface area contributed by atoms with Crippen LogP contribution in [0, 0.1) is 0 Å². The quantitative estimate of drug-likeness (QED) is 0.833. The van der Waals surface area contributed by atoms with E-state index in [1.165, 1.54) is 6.42 Å². The molecular weight excluding hydrogens is 260 g/mol. The number of sulfonamides is 1. The van der Waals surface area contributed by atoms with Crippen molar-refractivity contribution in [2.24, 2.45) is 0 Å². The number of nitrogens with two attached hydrogens (primary N) is 1. The molecule has 0 saturated heterocycles. The fraction of sp³-hybridized carbons (Fsp3) is 0.571. The summed E-state index contributed by atoms with van der Waals surface area (Å²) < 4.78 is 27.4. The molecule has 0 spiro atoms. The van der Waals surface area contributed by atoms with Crippen LogP contribution in [0.25, 0.3) is 0 Å². The minimum Gasteiger partial charge on any atom is -0.398 e. The molecule has 0 radical (unpaired) electrons. The highest BCUT2D eigenvalue weighted by molar-refractivity contribution is 7.88. The molecule has 1 fully saturated rings. The largest absolute Gasteiger partial charge is 0.398 e. The molecule has 5 heteroatoms. The lowest BCUT2D eigenvalue weighted by atomic mass is 9.84. The Morgan fingerprint density at radius 1 is 1.21 bits per heavy atom. The highest BCUT2D eigenvalue weighted by Crippen LogP contribution is 2.28. The first-order valence-electron chi connectivity index (χ1n) is 6.75. The van der Waals surface area contributed by atoms with E-state index >= 15 is 0 Å². The highest BCUT2D eigenvalue weighted by Gasteiger charge is 2.31. The van der Waals surface area contributed by atoms with Crippen LogP contribution >= 0.6 is 0 Å². The standard InChI is InChI=1S/C14H22N2O2S/c1-14(9-5-2-6-10-14)16-19(17,18)11-12-7-3-4-8-13(12)15/h3-4,7-8,16H,2,5-6,9-11,15H2,1H3. The first-order chi connectivity index (χ1) is 8.90. The van der Waals surface area contributed by atoms with Crippen LogP contribution in [0.3, 0.4) is 0 Å². The maximum Gasteiger partial charge on any atom is 0.216 e. The van der Waals surface area contributed by atoms with E-state index in [1.54, 1.807) is 18.2 Å². The van der Waals surface area contributed by atoms with Crippen LogP contribution in [-0.2, 0) is 15.8 Å². The molecular formula is C14H22N2O2S. The average molecular weight is 282 g/mol. The van der Waals surface area contributed by atoms with Crippen molar-refractivity contribution in [3.05, 3.63) is 29.8 Å². The molecule has 4 nitrogen and oxygen atoms in total. The molecule has 1 aliphatic carbocycles.